The lowest BCUT2D eigenvalue weighted by Crippen LogP contribution is -2.22. The first-order valence-electron chi connectivity index (χ1n) is 6.13. The number of ether oxygens (including phenoxy) is 2. The molecule has 1 aliphatic rings. The lowest BCUT2D eigenvalue weighted by Gasteiger charge is -2.24. The fraction of sp³-hybridized carbons (Fsp3) is 0.571. The van der Waals surface area contributed by atoms with Gasteiger partial charge in [-0.2, -0.15) is 0 Å². The van der Waals surface area contributed by atoms with Gasteiger partial charge in [0.05, 0.1) is 24.3 Å². The van der Waals surface area contributed by atoms with Crippen LogP contribution in [0.4, 0.5) is 0 Å². The number of hydrogen-bond acceptors (Lipinski definition) is 3. The van der Waals surface area contributed by atoms with Crippen molar-refractivity contribution >= 4 is 15.9 Å². The predicted octanol–water partition coefficient (Wildman–Crippen LogP) is 3.27. The molecule has 1 aliphatic carbocycles. The standard InChI is InChI=1S/C14H19BrO3/c1-14(2,8-16)9-6-11(15)13(12(7-9)17-3)18-10-4-5-10/h6-7,10,16H,4-5,8H2,1-3H3. The predicted molar refractivity (Wildman–Crippen MR) is 74.5 cm³/mol. The average Bonchev–Trinajstić information content (AvgIpc) is 3.15. The molecule has 0 atom stereocenters. The molecular formula is C14H19BrO3. The molecule has 18 heavy (non-hydrogen) atoms. The third kappa shape index (κ3) is 2.81. The van der Waals surface area contributed by atoms with Gasteiger partial charge in [0.1, 0.15) is 0 Å². The summed E-state index contributed by atoms with van der Waals surface area (Å²) < 4.78 is 12.1. The second-order valence-corrected chi connectivity index (χ2v) is 6.20. The highest BCUT2D eigenvalue weighted by molar-refractivity contribution is 9.10. The van der Waals surface area contributed by atoms with Crippen molar-refractivity contribution in [3.63, 3.8) is 0 Å². The van der Waals surface area contributed by atoms with E-state index >= 15 is 0 Å². The van der Waals surface area contributed by atoms with E-state index in [0.717, 1.165) is 28.6 Å². The summed E-state index contributed by atoms with van der Waals surface area (Å²) in [5.41, 5.74) is 0.727. The van der Waals surface area contributed by atoms with Crippen LogP contribution in [-0.4, -0.2) is 24.9 Å². The number of aliphatic hydroxyl groups excluding tert-OH is 1. The molecule has 0 aliphatic heterocycles. The largest absolute Gasteiger partial charge is 0.493 e. The van der Waals surface area contributed by atoms with E-state index in [1.165, 1.54) is 0 Å². The van der Waals surface area contributed by atoms with Crippen molar-refractivity contribution in [1.82, 2.24) is 0 Å². The lowest BCUT2D eigenvalue weighted by molar-refractivity contribution is 0.217. The molecule has 1 saturated carbocycles. The van der Waals surface area contributed by atoms with Crippen molar-refractivity contribution in [2.75, 3.05) is 13.7 Å². The Balaban J connectivity index is 2.38. The summed E-state index contributed by atoms with van der Waals surface area (Å²) in [6, 6.07) is 3.94. The Morgan fingerprint density at radius 1 is 1.39 bits per heavy atom. The Bertz CT molecular complexity index is 439. The molecular weight excluding hydrogens is 296 g/mol. The van der Waals surface area contributed by atoms with Crippen LogP contribution in [0.25, 0.3) is 0 Å². The summed E-state index contributed by atoms with van der Waals surface area (Å²) in [6.07, 6.45) is 2.55. The third-order valence-corrected chi connectivity index (χ3v) is 3.80. The van der Waals surface area contributed by atoms with Gasteiger partial charge >= 0.3 is 0 Å². The molecule has 0 aromatic heterocycles. The van der Waals surface area contributed by atoms with Crippen LogP contribution in [0.5, 0.6) is 11.5 Å². The van der Waals surface area contributed by atoms with E-state index in [2.05, 4.69) is 15.9 Å². The molecule has 0 saturated heterocycles. The first-order chi connectivity index (χ1) is 8.47. The minimum atomic E-state index is -0.298. The molecule has 1 aromatic rings. The van der Waals surface area contributed by atoms with Gasteiger partial charge in [-0.3, -0.25) is 0 Å². The third-order valence-electron chi connectivity index (χ3n) is 3.22. The molecule has 3 nitrogen and oxygen atoms in total. The van der Waals surface area contributed by atoms with Crippen LogP contribution in [-0.2, 0) is 5.41 Å². The molecule has 1 aromatic carbocycles. The van der Waals surface area contributed by atoms with Gasteiger partial charge in [0.15, 0.2) is 11.5 Å². The Hall–Kier alpha value is -0.740. The Morgan fingerprint density at radius 3 is 2.56 bits per heavy atom. The maximum absolute atomic E-state index is 9.44. The second-order valence-electron chi connectivity index (χ2n) is 5.35. The van der Waals surface area contributed by atoms with Crippen LogP contribution in [0, 0.1) is 0 Å². The molecule has 4 heteroatoms. The van der Waals surface area contributed by atoms with Crippen molar-refractivity contribution in [2.24, 2.45) is 0 Å². The van der Waals surface area contributed by atoms with Crippen LogP contribution in [0.15, 0.2) is 16.6 Å². The summed E-state index contributed by atoms with van der Waals surface area (Å²) in [6.45, 7) is 4.08. The molecule has 0 radical (unpaired) electrons. The van der Waals surface area contributed by atoms with E-state index in [1.807, 2.05) is 26.0 Å². The Labute approximate surface area is 116 Å². The van der Waals surface area contributed by atoms with Crippen LogP contribution in [0.3, 0.4) is 0 Å². The molecule has 0 spiro atoms. The van der Waals surface area contributed by atoms with Gasteiger partial charge in [-0.05, 0) is 46.5 Å². The van der Waals surface area contributed by atoms with Gasteiger partial charge in [0.2, 0.25) is 0 Å². The van der Waals surface area contributed by atoms with Crippen molar-refractivity contribution in [2.45, 2.75) is 38.2 Å². The number of benzene rings is 1. The Morgan fingerprint density at radius 2 is 2.06 bits per heavy atom. The van der Waals surface area contributed by atoms with E-state index in [4.69, 9.17) is 9.47 Å². The monoisotopic (exact) mass is 314 g/mol. The molecule has 0 amide bonds. The normalized spacial score (nSPS) is 15.6. The highest BCUT2D eigenvalue weighted by Gasteiger charge is 2.28. The number of halogens is 1. The van der Waals surface area contributed by atoms with Crippen molar-refractivity contribution in [1.29, 1.82) is 0 Å². The smallest absolute Gasteiger partial charge is 0.175 e. The summed E-state index contributed by atoms with van der Waals surface area (Å²) >= 11 is 3.53. The van der Waals surface area contributed by atoms with E-state index in [-0.39, 0.29) is 12.0 Å². The van der Waals surface area contributed by atoms with Crippen LogP contribution < -0.4 is 9.47 Å². The number of methoxy groups -OCH3 is 1. The Kier molecular flexibility index (Phi) is 3.87. The van der Waals surface area contributed by atoms with E-state index in [9.17, 15) is 5.11 Å². The lowest BCUT2D eigenvalue weighted by atomic mass is 9.85. The quantitative estimate of drug-likeness (QED) is 0.906. The summed E-state index contributed by atoms with van der Waals surface area (Å²) in [7, 11) is 1.64. The second kappa shape index (κ2) is 5.10. The average molecular weight is 315 g/mol. The van der Waals surface area contributed by atoms with E-state index in [0.29, 0.717) is 11.9 Å². The molecule has 1 N–H and O–H groups in total. The zero-order valence-corrected chi connectivity index (χ0v) is 12.6. The minimum absolute atomic E-state index is 0.0887. The van der Waals surface area contributed by atoms with Crippen LogP contribution in [0.2, 0.25) is 0 Å². The van der Waals surface area contributed by atoms with Crippen molar-refractivity contribution in [3.8, 4) is 11.5 Å². The van der Waals surface area contributed by atoms with Crippen molar-refractivity contribution < 1.29 is 14.6 Å². The minimum Gasteiger partial charge on any atom is -0.493 e. The summed E-state index contributed by atoms with van der Waals surface area (Å²) in [4.78, 5) is 0. The van der Waals surface area contributed by atoms with Crippen LogP contribution in [0.1, 0.15) is 32.3 Å². The van der Waals surface area contributed by atoms with E-state index in [1.54, 1.807) is 7.11 Å². The highest BCUT2D eigenvalue weighted by Crippen LogP contribution is 2.42. The molecule has 0 heterocycles. The first-order valence-corrected chi connectivity index (χ1v) is 6.93. The molecule has 1 fully saturated rings. The maximum Gasteiger partial charge on any atom is 0.175 e. The number of hydrogen-bond donors (Lipinski definition) is 1. The van der Waals surface area contributed by atoms with Crippen molar-refractivity contribution in [3.05, 3.63) is 22.2 Å². The topological polar surface area (TPSA) is 38.7 Å². The molecule has 2 rings (SSSR count). The molecule has 0 unspecified atom stereocenters. The number of rotatable bonds is 5. The summed E-state index contributed by atoms with van der Waals surface area (Å²) in [5.74, 6) is 1.48. The molecule has 0 bridgehead atoms. The molecule has 100 valence electrons. The van der Waals surface area contributed by atoms with Gasteiger partial charge in [-0.15, -0.1) is 0 Å². The number of aliphatic hydroxyl groups is 1. The van der Waals surface area contributed by atoms with Gasteiger partial charge in [-0.1, -0.05) is 13.8 Å². The fourth-order valence-electron chi connectivity index (χ4n) is 1.67. The van der Waals surface area contributed by atoms with Crippen LogP contribution >= 0.6 is 15.9 Å². The zero-order chi connectivity index (χ0) is 13.3. The van der Waals surface area contributed by atoms with Gasteiger partial charge in [0.25, 0.3) is 0 Å². The zero-order valence-electron chi connectivity index (χ0n) is 11.0. The first kappa shape index (κ1) is 13.7. The highest BCUT2D eigenvalue weighted by atomic mass is 79.9. The summed E-state index contributed by atoms with van der Waals surface area (Å²) in [5, 5.41) is 9.44. The van der Waals surface area contributed by atoms with Gasteiger partial charge in [-0.25, -0.2) is 0 Å². The van der Waals surface area contributed by atoms with Gasteiger partial charge in [0, 0.05) is 5.41 Å². The van der Waals surface area contributed by atoms with Gasteiger partial charge < -0.3 is 14.6 Å². The SMILES string of the molecule is COc1cc(C(C)(C)CO)cc(Br)c1OC1CC1. The maximum atomic E-state index is 9.44. The van der Waals surface area contributed by atoms with E-state index < -0.39 is 0 Å². The fourth-order valence-corrected chi connectivity index (χ4v) is 2.20.